The largest absolute Gasteiger partial charge is 0.387 e. The van der Waals surface area contributed by atoms with E-state index in [9.17, 15) is 5.11 Å². The Morgan fingerprint density at radius 2 is 1.24 bits per heavy atom. The van der Waals surface area contributed by atoms with Crippen molar-refractivity contribution in [2.75, 3.05) is 0 Å². The Kier molecular flexibility index (Phi) is 4.64. The minimum absolute atomic E-state index is 0.109. The Balaban J connectivity index is 1.61. The van der Waals surface area contributed by atoms with E-state index >= 15 is 0 Å². The summed E-state index contributed by atoms with van der Waals surface area (Å²) in [6, 6.07) is 29.4. The molecule has 0 radical (unpaired) electrons. The average molecular weight is 329 g/mol. The van der Waals surface area contributed by atoms with Gasteiger partial charge in [-0.2, -0.15) is 0 Å². The van der Waals surface area contributed by atoms with Crippen LogP contribution in [0.2, 0.25) is 0 Å². The maximum Gasteiger partial charge on any atom is 0.0951 e. The fourth-order valence-corrected chi connectivity index (χ4v) is 3.81. The van der Waals surface area contributed by atoms with Crippen LogP contribution >= 0.6 is 0 Å². The summed E-state index contributed by atoms with van der Waals surface area (Å²) >= 11 is 0. The van der Waals surface area contributed by atoms with Crippen LogP contribution in [0.4, 0.5) is 0 Å². The Hall–Kier alpha value is -2.42. The SMILES string of the molecule is O[C@@H]1c2ccccc2C[C@@H]1N(Cc1ccccc1)Cc1ccccc1. The van der Waals surface area contributed by atoms with Crippen molar-refractivity contribution in [3.05, 3.63) is 107 Å². The lowest BCUT2D eigenvalue weighted by Gasteiger charge is -2.31. The molecule has 3 aromatic carbocycles. The summed E-state index contributed by atoms with van der Waals surface area (Å²) in [7, 11) is 0. The third kappa shape index (κ3) is 3.51. The molecule has 2 heteroatoms. The van der Waals surface area contributed by atoms with Crippen molar-refractivity contribution < 1.29 is 5.11 Å². The second-order valence-corrected chi connectivity index (χ2v) is 6.79. The minimum Gasteiger partial charge on any atom is -0.387 e. The van der Waals surface area contributed by atoms with Gasteiger partial charge in [0, 0.05) is 19.1 Å². The maximum atomic E-state index is 10.9. The van der Waals surface area contributed by atoms with Crippen molar-refractivity contribution in [3.8, 4) is 0 Å². The summed E-state index contributed by atoms with van der Waals surface area (Å²) in [5.41, 5.74) is 4.91. The number of fused-ring (bicyclic) bond motifs is 1. The van der Waals surface area contributed by atoms with Crippen molar-refractivity contribution in [1.82, 2.24) is 4.90 Å². The molecular formula is C23H23NO. The first-order valence-corrected chi connectivity index (χ1v) is 8.89. The lowest BCUT2D eigenvalue weighted by Crippen LogP contribution is -2.37. The zero-order chi connectivity index (χ0) is 17.1. The summed E-state index contributed by atoms with van der Waals surface area (Å²) in [6.45, 7) is 1.68. The normalized spacial score (nSPS) is 19.1. The Labute approximate surface area is 149 Å². The van der Waals surface area contributed by atoms with Gasteiger partial charge in [-0.3, -0.25) is 4.90 Å². The van der Waals surface area contributed by atoms with Crippen LogP contribution in [-0.4, -0.2) is 16.0 Å². The fourth-order valence-electron chi connectivity index (χ4n) is 3.81. The minimum atomic E-state index is -0.427. The first-order valence-electron chi connectivity index (χ1n) is 8.89. The first kappa shape index (κ1) is 16.1. The zero-order valence-corrected chi connectivity index (χ0v) is 14.3. The molecule has 1 aliphatic rings. The van der Waals surface area contributed by atoms with Crippen LogP contribution in [-0.2, 0) is 19.5 Å². The fraction of sp³-hybridized carbons (Fsp3) is 0.217. The number of nitrogens with zero attached hydrogens (tertiary/aromatic N) is 1. The van der Waals surface area contributed by atoms with Gasteiger partial charge in [-0.1, -0.05) is 84.9 Å². The molecule has 1 N–H and O–H groups in total. The molecule has 25 heavy (non-hydrogen) atoms. The van der Waals surface area contributed by atoms with Crippen molar-refractivity contribution in [3.63, 3.8) is 0 Å². The van der Waals surface area contributed by atoms with Crippen LogP contribution in [0.25, 0.3) is 0 Å². The molecule has 0 aromatic heterocycles. The van der Waals surface area contributed by atoms with E-state index in [0.29, 0.717) is 0 Å². The summed E-state index contributed by atoms with van der Waals surface area (Å²) in [5.74, 6) is 0. The third-order valence-corrected chi connectivity index (χ3v) is 5.09. The van der Waals surface area contributed by atoms with Gasteiger partial charge in [0.05, 0.1) is 6.10 Å². The van der Waals surface area contributed by atoms with Crippen molar-refractivity contribution in [1.29, 1.82) is 0 Å². The van der Waals surface area contributed by atoms with E-state index < -0.39 is 6.10 Å². The van der Waals surface area contributed by atoms with Gasteiger partial charge < -0.3 is 5.11 Å². The Morgan fingerprint density at radius 3 is 1.80 bits per heavy atom. The van der Waals surface area contributed by atoms with Crippen LogP contribution < -0.4 is 0 Å². The number of hydrogen-bond acceptors (Lipinski definition) is 2. The molecule has 0 amide bonds. The molecule has 126 valence electrons. The van der Waals surface area contributed by atoms with Crippen LogP contribution in [0.3, 0.4) is 0 Å². The second-order valence-electron chi connectivity index (χ2n) is 6.79. The summed E-state index contributed by atoms with van der Waals surface area (Å²) in [5, 5.41) is 10.9. The molecule has 0 fully saturated rings. The lowest BCUT2D eigenvalue weighted by atomic mass is 10.1. The number of hydrogen-bond donors (Lipinski definition) is 1. The van der Waals surface area contributed by atoms with Gasteiger partial charge in [-0.05, 0) is 28.7 Å². The maximum absolute atomic E-state index is 10.9. The predicted molar refractivity (Wildman–Crippen MR) is 101 cm³/mol. The molecule has 2 nitrogen and oxygen atoms in total. The predicted octanol–water partition coefficient (Wildman–Crippen LogP) is 4.35. The molecule has 0 unspecified atom stereocenters. The van der Waals surface area contributed by atoms with Crippen LogP contribution in [0.15, 0.2) is 84.9 Å². The molecule has 1 aliphatic carbocycles. The van der Waals surface area contributed by atoms with E-state index in [1.54, 1.807) is 0 Å². The molecule has 4 rings (SSSR count). The van der Waals surface area contributed by atoms with Crippen molar-refractivity contribution in [2.24, 2.45) is 0 Å². The molecule has 0 saturated carbocycles. The van der Waals surface area contributed by atoms with Crippen LogP contribution in [0.5, 0.6) is 0 Å². The Morgan fingerprint density at radius 1 is 0.720 bits per heavy atom. The first-order chi connectivity index (χ1) is 12.3. The van der Waals surface area contributed by atoms with Gasteiger partial charge in [0.25, 0.3) is 0 Å². The smallest absolute Gasteiger partial charge is 0.0951 e. The highest BCUT2D eigenvalue weighted by atomic mass is 16.3. The number of aliphatic hydroxyl groups is 1. The van der Waals surface area contributed by atoms with Gasteiger partial charge in [0.15, 0.2) is 0 Å². The van der Waals surface area contributed by atoms with Crippen LogP contribution in [0, 0.1) is 0 Å². The van der Waals surface area contributed by atoms with E-state index in [1.165, 1.54) is 16.7 Å². The second kappa shape index (κ2) is 7.22. The average Bonchev–Trinajstić information content (AvgIpc) is 3.00. The topological polar surface area (TPSA) is 23.5 Å². The highest BCUT2D eigenvalue weighted by molar-refractivity contribution is 5.36. The molecule has 0 bridgehead atoms. The van der Waals surface area contributed by atoms with Gasteiger partial charge in [-0.15, -0.1) is 0 Å². The van der Waals surface area contributed by atoms with E-state index in [4.69, 9.17) is 0 Å². The molecule has 0 spiro atoms. The summed E-state index contributed by atoms with van der Waals surface area (Å²) in [4.78, 5) is 2.41. The number of aliphatic hydroxyl groups excluding tert-OH is 1. The quantitative estimate of drug-likeness (QED) is 0.752. The van der Waals surface area contributed by atoms with E-state index in [1.807, 2.05) is 18.2 Å². The molecule has 3 aromatic rings. The van der Waals surface area contributed by atoms with E-state index in [-0.39, 0.29) is 6.04 Å². The number of rotatable bonds is 5. The van der Waals surface area contributed by atoms with Crippen LogP contribution in [0.1, 0.15) is 28.4 Å². The molecule has 0 heterocycles. The van der Waals surface area contributed by atoms with Crippen molar-refractivity contribution in [2.45, 2.75) is 31.7 Å². The summed E-state index contributed by atoms with van der Waals surface area (Å²) < 4.78 is 0. The van der Waals surface area contributed by atoms with Gasteiger partial charge in [0.1, 0.15) is 0 Å². The monoisotopic (exact) mass is 329 g/mol. The highest BCUT2D eigenvalue weighted by Gasteiger charge is 2.34. The highest BCUT2D eigenvalue weighted by Crippen LogP contribution is 2.35. The van der Waals surface area contributed by atoms with Gasteiger partial charge >= 0.3 is 0 Å². The number of benzene rings is 3. The molecule has 2 atom stereocenters. The standard InChI is InChI=1S/C23H23NO/c25-23-21-14-8-7-13-20(21)15-22(23)24(16-18-9-3-1-4-10-18)17-19-11-5-2-6-12-19/h1-14,22-23,25H,15-17H2/t22-,23+/m0/s1. The van der Waals surface area contributed by atoms with Gasteiger partial charge in [0.2, 0.25) is 0 Å². The molecular weight excluding hydrogens is 306 g/mol. The Bertz CT molecular complexity index is 774. The van der Waals surface area contributed by atoms with Gasteiger partial charge in [-0.25, -0.2) is 0 Å². The zero-order valence-electron chi connectivity index (χ0n) is 14.3. The van der Waals surface area contributed by atoms with E-state index in [0.717, 1.165) is 25.1 Å². The third-order valence-electron chi connectivity index (χ3n) is 5.09. The lowest BCUT2D eigenvalue weighted by molar-refractivity contribution is 0.0509. The van der Waals surface area contributed by atoms with E-state index in [2.05, 4.69) is 71.6 Å². The molecule has 0 aliphatic heterocycles. The molecule has 0 saturated heterocycles. The van der Waals surface area contributed by atoms with Crippen molar-refractivity contribution >= 4 is 0 Å². The summed E-state index contributed by atoms with van der Waals surface area (Å²) in [6.07, 6.45) is 0.473.